The van der Waals surface area contributed by atoms with E-state index in [9.17, 15) is 13.0 Å². The van der Waals surface area contributed by atoms with Crippen LogP contribution in [0.4, 0.5) is 5.69 Å². The molecule has 1 rings (SSSR count). The summed E-state index contributed by atoms with van der Waals surface area (Å²) < 4.78 is 32.3. The van der Waals surface area contributed by atoms with E-state index in [4.69, 9.17) is 0 Å². The van der Waals surface area contributed by atoms with Gasteiger partial charge in [0.05, 0.1) is 0 Å². The molecule has 0 saturated carbocycles. The van der Waals surface area contributed by atoms with Gasteiger partial charge < -0.3 is 0 Å². The molecule has 1 N–H and O–H groups in total. The van der Waals surface area contributed by atoms with E-state index in [0.29, 0.717) is 56.0 Å². The Morgan fingerprint density at radius 2 is 1.94 bits per heavy atom. The van der Waals surface area contributed by atoms with E-state index in [1.807, 2.05) is 37.3 Å². The van der Waals surface area contributed by atoms with E-state index in [1.54, 1.807) is 4.90 Å². The molecule has 0 saturated heterocycles. The fourth-order valence-electron chi connectivity index (χ4n) is 1.76. The maximum absolute atomic E-state index is 11.3. The van der Waals surface area contributed by atoms with Crippen LogP contribution < -0.4 is 4.90 Å². The summed E-state index contributed by atoms with van der Waals surface area (Å²) in [6.07, 6.45) is 0. The van der Waals surface area contributed by atoms with Gasteiger partial charge in [-0.1, -0.05) is 0 Å². The van der Waals surface area contributed by atoms with E-state index >= 15 is 0 Å². The molecular formula is C10H14KNO3S. The first kappa shape index (κ1) is 14.6. The molecule has 0 radical (unpaired) electrons. The van der Waals surface area contributed by atoms with E-state index in [0.717, 1.165) is 5.69 Å². The second-order valence-electron chi connectivity index (χ2n) is 3.50. The van der Waals surface area contributed by atoms with Crippen LogP contribution in [0.5, 0.6) is 0 Å². The predicted octanol–water partition coefficient (Wildman–Crippen LogP) is 1.31. The van der Waals surface area contributed by atoms with E-state index in [1.165, 1.54) is 0 Å². The summed E-state index contributed by atoms with van der Waals surface area (Å²) in [6.45, 7) is 2.44. The van der Waals surface area contributed by atoms with Crippen LogP contribution in [0.1, 0.15) is 6.92 Å². The fourth-order valence-corrected chi connectivity index (χ4v) is 5.44. The van der Waals surface area contributed by atoms with Gasteiger partial charge >= 0.3 is 132 Å². The van der Waals surface area contributed by atoms with Gasteiger partial charge in [0.15, 0.2) is 0 Å². The molecule has 16 heavy (non-hydrogen) atoms. The van der Waals surface area contributed by atoms with Crippen molar-refractivity contribution in [2.75, 3.05) is 11.4 Å². The first-order valence-electron chi connectivity index (χ1n) is 5.28. The molecule has 1 atom stereocenters. The minimum absolute atomic E-state index is 0.371. The van der Waals surface area contributed by atoms with Crippen molar-refractivity contribution >= 4 is 64.8 Å². The van der Waals surface area contributed by atoms with Crippen LogP contribution >= 0.6 is 0 Å². The normalized spacial score (nSPS) is 13.5. The van der Waals surface area contributed by atoms with Crippen molar-refractivity contribution in [2.24, 2.45) is 0 Å². The first-order chi connectivity index (χ1) is 7.50. The SMILES string of the molecule is CCN(c1ccccc1)C([CH2][K])S(=O)(=O)O. The second-order valence-corrected chi connectivity index (χ2v) is 6.35. The average molecular weight is 267 g/mol. The molecule has 0 aliphatic heterocycles. The van der Waals surface area contributed by atoms with Gasteiger partial charge in [0, 0.05) is 0 Å². The van der Waals surface area contributed by atoms with Crippen LogP contribution in [0.25, 0.3) is 0 Å². The second kappa shape index (κ2) is 6.49. The third-order valence-corrected chi connectivity index (χ3v) is 5.88. The summed E-state index contributed by atoms with van der Waals surface area (Å²) in [5.41, 5.74) is 0.830. The molecule has 1 aromatic carbocycles. The van der Waals surface area contributed by atoms with Gasteiger partial charge in [0.25, 0.3) is 0 Å². The van der Waals surface area contributed by atoms with Crippen LogP contribution in [0.3, 0.4) is 0 Å². The topological polar surface area (TPSA) is 57.6 Å². The van der Waals surface area contributed by atoms with Crippen LogP contribution in [-0.2, 0) is 10.1 Å². The van der Waals surface area contributed by atoms with E-state index in [-0.39, 0.29) is 0 Å². The Hall–Kier alpha value is 0.566. The van der Waals surface area contributed by atoms with Gasteiger partial charge in [-0.3, -0.25) is 0 Å². The summed E-state index contributed by atoms with van der Waals surface area (Å²) in [6, 6.07) is 9.30. The number of rotatable bonds is 5. The molecule has 0 aliphatic rings. The van der Waals surface area contributed by atoms with Gasteiger partial charge in [-0.15, -0.1) is 0 Å². The van der Waals surface area contributed by atoms with Crippen LogP contribution in [-0.4, -0.2) is 73.8 Å². The Kier molecular flexibility index (Phi) is 5.93. The van der Waals surface area contributed by atoms with Crippen molar-refractivity contribution in [2.45, 2.75) is 12.8 Å². The zero-order chi connectivity index (χ0) is 12.2. The number of hydrogen-bond acceptors (Lipinski definition) is 3. The van der Waals surface area contributed by atoms with E-state index < -0.39 is 15.5 Å². The Morgan fingerprint density at radius 1 is 1.38 bits per heavy atom. The third-order valence-electron chi connectivity index (χ3n) is 2.47. The van der Waals surface area contributed by atoms with Crippen molar-refractivity contribution in [1.82, 2.24) is 0 Å². The average Bonchev–Trinajstić information content (AvgIpc) is 2.25. The van der Waals surface area contributed by atoms with Crippen LogP contribution in [0.15, 0.2) is 30.3 Å². The van der Waals surface area contributed by atoms with Gasteiger partial charge in [0.1, 0.15) is 0 Å². The fraction of sp³-hybridized carbons (Fsp3) is 0.400. The van der Waals surface area contributed by atoms with Crippen molar-refractivity contribution in [1.29, 1.82) is 0 Å². The Balaban J connectivity index is 3.07. The number of anilines is 1. The summed E-state index contributed by atoms with van der Waals surface area (Å²) >= 11 is 0.371. The Labute approximate surface area is 130 Å². The van der Waals surface area contributed by atoms with Crippen molar-refractivity contribution in [3.8, 4) is 0 Å². The molecule has 84 valence electrons. The Morgan fingerprint density at radius 3 is 2.31 bits per heavy atom. The molecule has 0 amide bonds. The quantitative estimate of drug-likeness (QED) is 0.645. The minimum atomic E-state index is -4.00. The summed E-state index contributed by atoms with van der Waals surface area (Å²) in [4.78, 5) is 1.72. The van der Waals surface area contributed by atoms with Gasteiger partial charge in [0.2, 0.25) is 0 Å². The molecule has 4 nitrogen and oxygen atoms in total. The molecule has 0 bridgehead atoms. The predicted molar refractivity (Wildman–Crippen MR) is 65.4 cm³/mol. The zero-order valence-electron chi connectivity index (χ0n) is 9.50. The number of nitrogens with zero attached hydrogens (tertiary/aromatic N) is 1. The van der Waals surface area contributed by atoms with Crippen LogP contribution in [0, 0.1) is 0 Å². The summed E-state index contributed by atoms with van der Waals surface area (Å²) in [7, 11) is -4.00. The standard InChI is InChI=1S/C10H14NO3S.K/c1-3-11(9(2)15(12,13)14)10-7-5-4-6-8-10;/h4-9H,2-3H2,1H3,(H,12,13,14);. The van der Waals surface area contributed by atoms with Gasteiger partial charge in [-0.2, -0.15) is 0 Å². The Bertz CT molecular complexity index is 421. The molecule has 0 heterocycles. The van der Waals surface area contributed by atoms with E-state index in [2.05, 4.69) is 0 Å². The molecule has 6 heteroatoms. The molecule has 0 fully saturated rings. The van der Waals surface area contributed by atoms with Crippen LogP contribution in [0.2, 0.25) is 0.515 Å². The molecule has 0 aromatic heterocycles. The number of para-hydroxylation sites is 1. The summed E-state index contributed by atoms with van der Waals surface area (Å²) in [5.74, 6) is 0. The maximum atomic E-state index is 11.3. The molecule has 1 unspecified atom stereocenters. The third kappa shape index (κ3) is 3.80. The van der Waals surface area contributed by atoms with Gasteiger partial charge in [-0.05, 0) is 0 Å². The zero-order valence-corrected chi connectivity index (χ0v) is 13.4. The monoisotopic (exact) mass is 267 g/mol. The van der Waals surface area contributed by atoms with Crippen molar-refractivity contribution < 1.29 is 13.0 Å². The molecule has 0 spiro atoms. The molecular weight excluding hydrogens is 253 g/mol. The van der Waals surface area contributed by atoms with Crippen molar-refractivity contribution in [3.05, 3.63) is 30.3 Å². The number of benzene rings is 1. The molecule has 0 aliphatic carbocycles. The first-order valence-corrected chi connectivity index (χ1v) is 8.99. The number of hydrogen-bond donors (Lipinski definition) is 1. The summed E-state index contributed by atoms with van der Waals surface area (Å²) in [5, 5.41) is -0.792. The van der Waals surface area contributed by atoms with Crippen molar-refractivity contribution in [3.63, 3.8) is 0 Å². The van der Waals surface area contributed by atoms with Gasteiger partial charge in [-0.25, -0.2) is 0 Å². The molecule has 1 aromatic rings.